The first kappa shape index (κ1) is 19.9. The van der Waals surface area contributed by atoms with E-state index in [4.69, 9.17) is 16.0 Å². The predicted octanol–water partition coefficient (Wildman–Crippen LogP) is 6.30. The first-order valence-corrected chi connectivity index (χ1v) is 10.8. The Morgan fingerprint density at radius 2 is 1.85 bits per heavy atom. The summed E-state index contributed by atoms with van der Waals surface area (Å²) in [6.07, 6.45) is 0. The number of nitrogens with zero attached hydrogens (tertiary/aromatic N) is 3. The summed E-state index contributed by atoms with van der Waals surface area (Å²) in [5.41, 5.74) is 3.39. The van der Waals surface area contributed by atoms with E-state index < -0.39 is 5.63 Å². The number of para-hydroxylation sites is 1. The van der Waals surface area contributed by atoms with Crippen molar-refractivity contribution >= 4 is 55.4 Å². The summed E-state index contributed by atoms with van der Waals surface area (Å²) >= 11 is 6.52. The summed E-state index contributed by atoms with van der Waals surface area (Å²) < 4.78 is 22.0. The molecule has 0 atom stereocenters. The minimum atomic E-state index is -0.533. The summed E-state index contributed by atoms with van der Waals surface area (Å²) in [5, 5.41) is 3.41. The van der Waals surface area contributed by atoms with Gasteiger partial charge in [0.1, 0.15) is 16.5 Å². The molecule has 6 rings (SSSR count). The van der Waals surface area contributed by atoms with Crippen LogP contribution in [0.15, 0.2) is 63.8 Å². The Labute approximate surface area is 192 Å². The molecular weight excluding hydrogens is 441 g/mol. The number of pyridine rings is 2. The Bertz CT molecular complexity index is 1820. The molecule has 5 nitrogen and oxygen atoms in total. The molecule has 0 amide bonds. The van der Waals surface area contributed by atoms with Gasteiger partial charge in [-0.05, 0) is 55.8 Å². The molecule has 2 aromatic carbocycles. The van der Waals surface area contributed by atoms with Crippen LogP contribution in [0.4, 0.5) is 4.39 Å². The van der Waals surface area contributed by atoms with E-state index in [1.807, 2.05) is 49.4 Å². The summed E-state index contributed by atoms with van der Waals surface area (Å²) in [6.45, 7) is 3.77. The lowest BCUT2D eigenvalue weighted by atomic mass is 10.1. The third-order valence-electron chi connectivity index (χ3n) is 6.07. The number of aromatic nitrogens is 3. The van der Waals surface area contributed by atoms with Gasteiger partial charge in [-0.15, -0.1) is 0 Å². The molecule has 162 valence electrons. The Balaban J connectivity index is 1.73. The smallest absolute Gasteiger partial charge is 0.362 e. The molecule has 6 aromatic rings. The van der Waals surface area contributed by atoms with Crippen LogP contribution in [0.25, 0.3) is 43.8 Å². The van der Waals surface area contributed by atoms with Gasteiger partial charge in [0.2, 0.25) is 5.71 Å². The van der Waals surface area contributed by atoms with Crippen molar-refractivity contribution in [2.75, 3.05) is 0 Å². The first-order valence-electron chi connectivity index (χ1n) is 10.5. The van der Waals surface area contributed by atoms with Crippen LogP contribution in [0.2, 0.25) is 5.15 Å². The number of halogens is 2. The molecule has 0 unspecified atom stereocenters. The molecule has 4 heterocycles. The van der Waals surface area contributed by atoms with E-state index in [0.29, 0.717) is 32.5 Å². The fourth-order valence-electron chi connectivity index (χ4n) is 4.48. The molecule has 33 heavy (non-hydrogen) atoms. The Morgan fingerprint density at radius 3 is 2.70 bits per heavy atom. The first-order chi connectivity index (χ1) is 15.9. The van der Waals surface area contributed by atoms with Gasteiger partial charge in [-0.3, -0.25) is 0 Å². The lowest BCUT2D eigenvalue weighted by molar-refractivity contribution is 0.552. The highest BCUT2D eigenvalue weighted by Crippen LogP contribution is 2.35. The van der Waals surface area contributed by atoms with Crippen molar-refractivity contribution in [3.63, 3.8) is 0 Å². The van der Waals surface area contributed by atoms with Crippen molar-refractivity contribution in [3.8, 4) is 0 Å². The summed E-state index contributed by atoms with van der Waals surface area (Å²) in [6, 6.07) is 16.6. The molecule has 0 saturated heterocycles. The van der Waals surface area contributed by atoms with Gasteiger partial charge in [-0.25, -0.2) is 19.2 Å². The molecule has 0 saturated carbocycles. The second kappa shape index (κ2) is 7.12. The van der Waals surface area contributed by atoms with Crippen LogP contribution in [0.1, 0.15) is 16.8 Å². The van der Waals surface area contributed by atoms with Crippen LogP contribution in [-0.4, -0.2) is 14.5 Å². The fourth-order valence-corrected chi connectivity index (χ4v) is 4.69. The number of hydrogen-bond acceptors (Lipinski definition) is 4. The zero-order valence-electron chi connectivity index (χ0n) is 17.8. The van der Waals surface area contributed by atoms with E-state index in [-0.39, 0.29) is 18.1 Å². The van der Waals surface area contributed by atoms with Crippen LogP contribution in [0.3, 0.4) is 0 Å². The van der Waals surface area contributed by atoms with Gasteiger partial charge in [0.25, 0.3) is 0 Å². The van der Waals surface area contributed by atoms with E-state index in [9.17, 15) is 9.18 Å². The zero-order valence-corrected chi connectivity index (χ0v) is 18.6. The zero-order chi connectivity index (χ0) is 22.9. The minimum Gasteiger partial charge on any atom is -0.402 e. The number of hydrogen-bond donors (Lipinski definition) is 0. The van der Waals surface area contributed by atoms with Crippen LogP contribution >= 0.6 is 11.6 Å². The molecule has 7 heteroatoms. The van der Waals surface area contributed by atoms with Gasteiger partial charge in [0.05, 0.1) is 17.6 Å². The van der Waals surface area contributed by atoms with E-state index >= 15 is 0 Å². The SMILES string of the molecule is Cc1ccc2c(n1)oc(=O)c1c2c2cc(C)c(F)cc2n1Cc1cc2ccccc2nc1Cl. The molecule has 0 bridgehead atoms. The summed E-state index contributed by atoms with van der Waals surface area (Å²) in [5.74, 6) is -0.350. The summed E-state index contributed by atoms with van der Waals surface area (Å²) in [4.78, 5) is 22.1. The number of benzene rings is 2. The molecule has 0 fully saturated rings. The van der Waals surface area contributed by atoms with Crippen molar-refractivity contribution < 1.29 is 8.81 Å². The normalized spacial score (nSPS) is 11.9. The van der Waals surface area contributed by atoms with E-state index in [1.54, 1.807) is 17.6 Å². The van der Waals surface area contributed by atoms with Gasteiger partial charge in [-0.2, -0.15) is 0 Å². The minimum absolute atomic E-state index is 0.231. The maximum absolute atomic E-state index is 14.7. The maximum atomic E-state index is 14.7. The van der Waals surface area contributed by atoms with Gasteiger partial charge in [0.15, 0.2) is 0 Å². The lowest BCUT2D eigenvalue weighted by Gasteiger charge is -2.10. The largest absolute Gasteiger partial charge is 0.402 e. The number of rotatable bonds is 2. The molecule has 0 aliphatic heterocycles. The van der Waals surface area contributed by atoms with Gasteiger partial charge >= 0.3 is 5.63 Å². The summed E-state index contributed by atoms with van der Waals surface area (Å²) in [7, 11) is 0. The van der Waals surface area contributed by atoms with Crippen molar-refractivity contribution in [1.82, 2.24) is 14.5 Å². The Morgan fingerprint density at radius 1 is 1.03 bits per heavy atom. The van der Waals surface area contributed by atoms with Crippen molar-refractivity contribution in [2.45, 2.75) is 20.4 Å². The molecular formula is C26H17ClFN3O2. The molecule has 0 aliphatic rings. The van der Waals surface area contributed by atoms with Crippen LogP contribution in [0, 0.1) is 19.7 Å². The van der Waals surface area contributed by atoms with Crippen LogP contribution < -0.4 is 5.63 Å². The van der Waals surface area contributed by atoms with Crippen molar-refractivity contribution in [2.24, 2.45) is 0 Å². The molecule has 0 spiro atoms. The quantitative estimate of drug-likeness (QED) is 0.286. The lowest BCUT2D eigenvalue weighted by Crippen LogP contribution is -2.09. The van der Waals surface area contributed by atoms with Crippen LogP contribution in [-0.2, 0) is 6.54 Å². The van der Waals surface area contributed by atoms with Gasteiger partial charge in [-0.1, -0.05) is 29.8 Å². The van der Waals surface area contributed by atoms with Crippen LogP contribution in [0.5, 0.6) is 0 Å². The second-order valence-corrected chi connectivity index (χ2v) is 8.61. The Kier molecular flexibility index (Phi) is 4.29. The molecule has 0 N–H and O–H groups in total. The average Bonchev–Trinajstić information content (AvgIpc) is 3.08. The van der Waals surface area contributed by atoms with Gasteiger partial charge in [0, 0.05) is 32.8 Å². The number of fused-ring (bicyclic) bond motifs is 6. The fraction of sp³-hybridized carbons (Fsp3) is 0.115. The second-order valence-electron chi connectivity index (χ2n) is 8.25. The highest BCUT2D eigenvalue weighted by atomic mass is 35.5. The average molecular weight is 458 g/mol. The maximum Gasteiger partial charge on any atom is 0.362 e. The standard InChI is InChI=1S/C26H17ClFN3O2/c1-13-9-18-21(11-19(13)28)31(12-16-10-15-5-3-4-6-20(15)30-24(16)27)23-22(18)17-8-7-14(2)29-25(17)33-26(23)32/h3-11H,12H2,1-2H3. The van der Waals surface area contributed by atoms with Gasteiger partial charge < -0.3 is 8.98 Å². The molecule has 0 radical (unpaired) electrons. The monoisotopic (exact) mass is 457 g/mol. The van der Waals surface area contributed by atoms with Crippen molar-refractivity contribution in [1.29, 1.82) is 0 Å². The van der Waals surface area contributed by atoms with E-state index in [1.165, 1.54) is 6.07 Å². The Hall–Kier alpha value is -3.77. The third-order valence-corrected chi connectivity index (χ3v) is 6.40. The highest BCUT2D eigenvalue weighted by molar-refractivity contribution is 6.30. The highest BCUT2D eigenvalue weighted by Gasteiger charge is 2.21. The van der Waals surface area contributed by atoms with E-state index in [0.717, 1.165) is 27.5 Å². The van der Waals surface area contributed by atoms with Crippen molar-refractivity contribution in [3.05, 3.63) is 92.8 Å². The predicted molar refractivity (Wildman–Crippen MR) is 129 cm³/mol. The third kappa shape index (κ3) is 3.02. The molecule has 0 aliphatic carbocycles. The van der Waals surface area contributed by atoms with E-state index in [2.05, 4.69) is 9.97 Å². The molecule has 4 aromatic heterocycles. The topological polar surface area (TPSA) is 60.9 Å². The number of aryl methyl sites for hydroxylation is 2.